The van der Waals surface area contributed by atoms with Crippen LogP contribution >= 0.6 is 0 Å². The molecule has 0 atom stereocenters. The number of nitrogens with one attached hydrogen (secondary N) is 1. The number of likely N-dealkylation sites (tertiary alicyclic amines) is 1. The highest BCUT2D eigenvalue weighted by Gasteiger charge is 2.35. The number of benzene rings is 2. The van der Waals surface area contributed by atoms with Crippen molar-refractivity contribution >= 4 is 11.8 Å². The normalized spacial score (nSPS) is 13.8. The second-order valence-corrected chi connectivity index (χ2v) is 6.24. The Bertz CT molecular complexity index is 761. The molecule has 2 amide bonds. The van der Waals surface area contributed by atoms with E-state index in [1.165, 1.54) is 17.7 Å². The molecule has 1 saturated heterocycles. The zero-order valence-corrected chi connectivity index (χ0v) is 14.4. The molecule has 2 aromatic rings. The summed E-state index contributed by atoms with van der Waals surface area (Å²) in [5.74, 6) is -0.930. The molecule has 0 unspecified atom stereocenters. The van der Waals surface area contributed by atoms with Crippen LogP contribution in [-0.4, -0.2) is 43.0 Å². The lowest BCUT2D eigenvalue weighted by Crippen LogP contribution is -2.56. The van der Waals surface area contributed by atoms with Gasteiger partial charge in [0.05, 0.1) is 5.92 Å². The van der Waals surface area contributed by atoms with Crippen LogP contribution in [0.15, 0.2) is 54.6 Å². The van der Waals surface area contributed by atoms with E-state index < -0.39 is 5.82 Å². The molecular weight excluding hydrogens is 335 g/mol. The van der Waals surface area contributed by atoms with Crippen LogP contribution < -0.4 is 10.1 Å². The van der Waals surface area contributed by atoms with Crippen molar-refractivity contribution in [1.82, 2.24) is 10.2 Å². The Morgan fingerprint density at radius 3 is 2.50 bits per heavy atom. The molecular formula is C20H21FN2O3. The smallest absolute Gasteiger partial charge is 0.260 e. The third-order valence-electron chi connectivity index (χ3n) is 4.35. The number of rotatable bonds is 7. The molecule has 1 aliphatic rings. The predicted molar refractivity (Wildman–Crippen MR) is 95.1 cm³/mol. The van der Waals surface area contributed by atoms with Gasteiger partial charge < -0.3 is 15.0 Å². The largest absolute Gasteiger partial charge is 0.481 e. The number of carbonyl (C=O) groups excluding carboxylic acids is 2. The van der Waals surface area contributed by atoms with Gasteiger partial charge in [-0.15, -0.1) is 0 Å². The number of hydrogen-bond acceptors (Lipinski definition) is 3. The molecule has 1 fully saturated rings. The summed E-state index contributed by atoms with van der Waals surface area (Å²) in [7, 11) is 0. The van der Waals surface area contributed by atoms with E-state index in [4.69, 9.17) is 4.74 Å². The molecule has 3 rings (SSSR count). The van der Waals surface area contributed by atoms with E-state index >= 15 is 0 Å². The highest BCUT2D eigenvalue weighted by Crippen LogP contribution is 2.18. The van der Waals surface area contributed by atoms with Crippen molar-refractivity contribution in [2.75, 3.05) is 26.2 Å². The monoisotopic (exact) mass is 356 g/mol. The average Bonchev–Trinajstić information content (AvgIpc) is 2.61. The summed E-state index contributed by atoms with van der Waals surface area (Å²) in [6, 6.07) is 15.9. The summed E-state index contributed by atoms with van der Waals surface area (Å²) in [5, 5.41) is 2.90. The molecule has 0 spiro atoms. The van der Waals surface area contributed by atoms with Crippen molar-refractivity contribution in [3.63, 3.8) is 0 Å². The van der Waals surface area contributed by atoms with E-state index in [1.807, 2.05) is 30.3 Å². The van der Waals surface area contributed by atoms with Crippen molar-refractivity contribution < 1.29 is 18.7 Å². The van der Waals surface area contributed by atoms with Crippen LogP contribution in [0.4, 0.5) is 4.39 Å². The zero-order valence-electron chi connectivity index (χ0n) is 14.4. The van der Waals surface area contributed by atoms with Crippen molar-refractivity contribution in [2.24, 2.45) is 5.92 Å². The first-order valence-electron chi connectivity index (χ1n) is 8.60. The first-order valence-corrected chi connectivity index (χ1v) is 8.60. The van der Waals surface area contributed by atoms with Gasteiger partial charge in [0.15, 0.2) is 18.2 Å². The molecule has 1 N–H and O–H groups in total. The topological polar surface area (TPSA) is 58.6 Å². The Labute approximate surface area is 151 Å². The van der Waals surface area contributed by atoms with E-state index in [0.29, 0.717) is 19.6 Å². The van der Waals surface area contributed by atoms with E-state index in [0.717, 1.165) is 6.42 Å². The SMILES string of the molecule is O=C(NCCc1ccccc1)C1CN(C(=O)COc2ccccc2F)C1. The van der Waals surface area contributed by atoms with Gasteiger partial charge in [-0.3, -0.25) is 9.59 Å². The molecule has 0 aliphatic carbocycles. The lowest BCUT2D eigenvalue weighted by atomic mass is 9.99. The molecule has 136 valence electrons. The quantitative estimate of drug-likeness (QED) is 0.826. The molecule has 1 aliphatic heterocycles. The Morgan fingerprint density at radius 2 is 1.77 bits per heavy atom. The zero-order chi connectivity index (χ0) is 18.4. The lowest BCUT2D eigenvalue weighted by Gasteiger charge is -2.38. The lowest BCUT2D eigenvalue weighted by molar-refractivity contribution is -0.144. The summed E-state index contributed by atoms with van der Waals surface area (Å²) < 4.78 is 18.6. The van der Waals surface area contributed by atoms with Gasteiger partial charge in [-0.25, -0.2) is 4.39 Å². The van der Waals surface area contributed by atoms with Crippen LogP contribution in [0.2, 0.25) is 0 Å². The van der Waals surface area contributed by atoms with Gasteiger partial charge in [0, 0.05) is 19.6 Å². The Kier molecular flexibility index (Phi) is 5.84. The van der Waals surface area contributed by atoms with Gasteiger partial charge in [0.1, 0.15) is 0 Å². The number of carbonyl (C=O) groups is 2. The highest BCUT2D eigenvalue weighted by molar-refractivity contribution is 5.85. The second kappa shape index (κ2) is 8.47. The van der Waals surface area contributed by atoms with E-state index in [1.54, 1.807) is 17.0 Å². The standard InChI is InChI=1S/C20H21FN2O3/c21-17-8-4-5-9-18(17)26-14-19(24)23-12-16(13-23)20(25)22-11-10-15-6-2-1-3-7-15/h1-9,16H,10-14H2,(H,22,25). The molecule has 26 heavy (non-hydrogen) atoms. The van der Waals surface area contributed by atoms with Crippen molar-refractivity contribution in [2.45, 2.75) is 6.42 Å². The van der Waals surface area contributed by atoms with E-state index in [9.17, 15) is 14.0 Å². The number of halogens is 1. The van der Waals surface area contributed by atoms with Crippen LogP contribution in [0, 0.1) is 11.7 Å². The van der Waals surface area contributed by atoms with Gasteiger partial charge in [-0.2, -0.15) is 0 Å². The molecule has 0 radical (unpaired) electrons. The fourth-order valence-electron chi connectivity index (χ4n) is 2.76. The maximum atomic E-state index is 13.4. The van der Waals surface area contributed by atoms with E-state index in [2.05, 4.69) is 5.32 Å². The first-order chi connectivity index (χ1) is 12.6. The maximum Gasteiger partial charge on any atom is 0.260 e. The number of para-hydroxylation sites is 1. The Hall–Kier alpha value is -2.89. The van der Waals surface area contributed by atoms with Gasteiger partial charge in [0.2, 0.25) is 5.91 Å². The molecule has 0 bridgehead atoms. The summed E-state index contributed by atoms with van der Waals surface area (Å²) >= 11 is 0. The van der Waals surface area contributed by atoms with Crippen LogP contribution in [0.1, 0.15) is 5.56 Å². The van der Waals surface area contributed by atoms with Gasteiger partial charge in [-0.05, 0) is 24.1 Å². The Morgan fingerprint density at radius 1 is 1.08 bits per heavy atom. The van der Waals surface area contributed by atoms with Crippen molar-refractivity contribution in [1.29, 1.82) is 0 Å². The maximum absolute atomic E-state index is 13.4. The molecule has 5 nitrogen and oxygen atoms in total. The van der Waals surface area contributed by atoms with Gasteiger partial charge in [0.25, 0.3) is 5.91 Å². The van der Waals surface area contributed by atoms with Crippen LogP contribution in [0.25, 0.3) is 0 Å². The average molecular weight is 356 g/mol. The van der Waals surface area contributed by atoms with E-state index in [-0.39, 0.29) is 30.1 Å². The van der Waals surface area contributed by atoms with Crippen LogP contribution in [0.5, 0.6) is 5.75 Å². The molecule has 0 aromatic heterocycles. The highest BCUT2D eigenvalue weighted by atomic mass is 19.1. The predicted octanol–water partition coefficient (Wildman–Crippen LogP) is 2.02. The number of ether oxygens (including phenoxy) is 1. The molecule has 0 saturated carbocycles. The van der Waals surface area contributed by atoms with Gasteiger partial charge in [-0.1, -0.05) is 42.5 Å². The minimum absolute atomic E-state index is 0.0417. The summed E-state index contributed by atoms with van der Waals surface area (Å²) in [6.07, 6.45) is 0.776. The van der Waals surface area contributed by atoms with Crippen LogP contribution in [-0.2, 0) is 16.0 Å². The third-order valence-corrected chi connectivity index (χ3v) is 4.35. The summed E-state index contributed by atoms with van der Waals surface area (Å²) in [4.78, 5) is 25.6. The number of nitrogens with zero attached hydrogens (tertiary/aromatic N) is 1. The first kappa shape index (κ1) is 17.9. The summed E-state index contributed by atoms with van der Waals surface area (Å²) in [5.41, 5.74) is 1.17. The minimum Gasteiger partial charge on any atom is -0.481 e. The fraction of sp³-hybridized carbons (Fsp3) is 0.300. The van der Waals surface area contributed by atoms with Gasteiger partial charge >= 0.3 is 0 Å². The number of hydrogen-bond donors (Lipinski definition) is 1. The molecule has 6 heteroatoms. The fourth-order valence-corrected chi connectivity index (χ4v) is 2.76. The van der Waals surface area contributed by atoms with Crippen molar-refractivity contribution in [3.8, 4) is 5.75 Å². The molecule has 2 aromatic carbocycles. The third kappa shape index (κ3) is 4.59. The van der Waals surface area contributed by atoms with Crippen molar-refractivity contribution in [3.05, 3.63) is 66.0 Å². The summed E-state index contributed by atoms with van der Waals surface area (Å²) in [6.45, 7) is 1.08. The Balaban J connectivity index is 1.34. The minimum atomic E-state index is -0.500. The number of amides is 2. The second-order valence-electron chi connectivity index (χ2n) is 6.24. The molecule has 1 heterocycles. The van der Waals surface area contributed by atoms with Crippen LogP contribution in [0.3, 0.4) is 0 Å².